The van der Waals surface area contributed by atoms with Crippen molar-refractivity contribution < 1.29 is 13.0 Å². The van der Waals surface area contributed by atoms with E-state index in [1.54, 1.807) is 25.1 Å². The molecule has 2 aromatic carbocycles. The summed E-state index contributed by atoms with van der Waals surface area (Å²) in [7, 11) is -2.03. The Morgan fingerprint density at radius 1 is 1.13 bits per heavy atom. The second-order valence-electron chi connectivity index (χ2n) is 4.78. The number of fused-ring (bicyclic) bond motifs is 1. The molecule has 0 aliphatic carbocycles. The third-order valence-corrected chi connectivity index (χ3v) is 6.58. The Morgan fingerprint density at radius 3 is 2.26 bits per heavy atom. The molecule has 3 aromatic rings. The SMILES string of the molecule is Cc1ccccc1S(=O)(=O)O.Cn1c(=NN)[se]c2ccccc21. The summed E-state index contributed by atoms with van der Waals surface area (Å²) in [6.07, 6.45) is 0. The van der Waals surface area contributed by atoms with Crippen molar-refractivity contribution in [3.8, 4) is 0 Å². The van der Waals surface area contributed by atoms with E-state index in [1.807, 2.05) is 19.2 Å². The molecule has 1 heterocycles. The summed E-state index contributed by atoms with van der Waals surface area (Å²) in [4.78, 5) is -0.0278. The number of aromatic nitrogens is 1. The summed E-state index contributed by atoms with van der Waals surface area (Å²) in [6, 6.07) is 14.6. The molecular weight excluding hydrogens is 381 g/mol. The van der Waals surface area contributed by atoms with Gasteiger partial charge in [-0.15, -0.1) is 0 Å². The second kappa shape index (κ2) is 7.14. The zero-order valence-corrected chi connectivity index (χ0v) is 15.2. The number of nitrogens with two attached hydrogens (primary N) is 1. The number of benzene rings is 2. The van der Waals surface area contributed by atoms with Crippen LogP contribution in [0.3, 0.4) is 0 Å². The number of para-hydroxylation sites is 1. The van der Waals surface area contributed by atoms with E-state index in [1.165, 1.54) is 15.8 Å². The van der Waals surface area contributed by atoms with Crippen LogP contribution in [0.1, 0.15) is 5.56 Å². The van der Waals surface area contributed by atoms with Crippen LogP contribution >= 0.6 is 0 Å². The summed E-state index contributed by atoms with van der Waals surface area (Å²) < 4.78 is 34.3. The fourth-order valence-corrected chi connectivity index (χ4v) is 4.75. The molecule has 0 atom stereocenters. The summed E-state index contributed by atoms with van der Waals surface area (Å²) in [5, 5.41) is 3.75. The van der Waals surface area contributed by atoms with Crippen molar-refractivity contribution in [1.82, 2.24) is 4.57 Å². The van der Waals surface area contributed by atoms with E-state index in [0.717, 1.165) is 4.36 Å². The van der Waals surface area contributed by atoms with Gasteiger partial charge in [0.05, 0.1) is 4.90 Å². The van der Waals surface area contributed by atoms with Crippen LogP contribution in [-0.4, -0.2) is 32.0 Å². The first-order chi connectivity index (χ1) is 10.8. The molecule has 0 fully saturated rings. The van der Waals surface area contributed by atoms with Crippen molar-refractivity contribution in [2.45, 2.75) is 11.8 Å². The molecule has 0 aliphatic rings. The number of aryl methyl sites for hydroxylation is 2. The maximum atomic E-state index is 10.6. The van der Waals surface area contributed by atoms with Gasteiger partial charge in [0.15, 0.2) is 0 Å². The van der Waals surface area contributed by atoms with Crippen molar-refractivity contribution in [1.29, 1.82) is 0 Å². The zero-order valence-electron chi connectivity index (χ0n) is 12.7. The Labute approximate surface area is 140 Å². The van der Waals surface area contributed by atoms with E-state index >= 15 is 0 Å². The van der Waals surface area contributed by atoms with E-state index in [9.17, 15) is 8.42 Å². The second-order valence-corrected chi connectivity index (χ2v) is 8.29. The van der Waals surface area contributed by atoms with Gasteiger partial charge in [-0.1, -0.05) is 18.2 Å². The molecule has 0 aliphatic heterocycles. The van der Waals surface area contributed by atoms with Crippen molar-refractivity contribution in [3.63, 3.8) is 0 Å². The summed E-state index contributed by atoms with van der Waals surface area (Å²) in [5.74, 6) is 5.27. The van der Waals surface area contributed by atoms with Crippen LogP contribution in [-0.2, 0) is 17.2 Å². The normalized spacial score (nSPS) is 12.0. The molecule has 0 spiro atoms. The van der Waals surface area contributed by atoms with Gasteiger partial charge in [0.1, 0.15) is 0 Å². The van der Waals surface area contributed by atoms with Gasteiger partial charge >= 0.3 is 75.5 Å². The fourth-order valence-electron chi connectivity index (χ4n) is 2.05. The van der Waals surface area contributed by atoms with Gasteiger partial charge in [-0.3, -0.25) is 4.55 Å². The standard InChI is InChI=1S/C8H9N3Se.C7H8O3S/c1-11-6-4-2-3-5-7(6)12-8(11)10-9;1-6-4-2-3-5-7(6)11(8,9)10/h2-5H,9H2,1H3;2-5H,1H3,(H,8,9,10). The van der Waals surface area contributed by atoms with E-state index in [-0.39, 0.29) is 4.90 Å². The van der Waals surface area contributed by atoms with Gasteiger partial charge in [0.2, 0.25) is 0 Å². The molecule has 6 nitrogen and oxygen atoms in total. The van der Waals surface area contributed by atoms with E-state index < -0.39 is 10.1 Å². The Kier molecular flexibility index (Phi) is 5.43. The van der Waals surface area contributed by atoms with Gasteiger partial charge < -0.3 is 0 Å². The van der Waals surface area contributed by atoms with Crippen LogP contribution in [0.15, 0.2) is 58.5 Å². The molecule has 8 heteroatoms. The molecule has 122 valence electrons. The molecular formula is C15H17N3O3SSe. The van der Waals surface area contributed by atoms with Crippen LogP contribution in [0, 0.1) is 6.92 Å². The molecule has 0 radical (unpaired) electrons. The van der Waals surface area contributed by atoms with Crippen LogP contribution < -0.4 is 10.2 Å². The molecule has 0 saturated heterocycles. The summed E-state index contributed by atoms with van der Waals surface area (Å²) in [5.41, 5.74) is 1.79. The van der Waals surface area contributed by atoms with Crippen LogP contribution in [0.2, 0.25) is 0 Å². The Bertz CT molecular complexity index is 990. The maximum absolute atomic E-state index is 10.6. The van der Waals surface area contributed by atoms with Gasteiger partial charge in [0, 0.05) is 0 Å². The zero-order chi connectivity index (χ0) is 17.0. The quantitative estimate of drug-likeness (QED) is 0.279. The number of nitrogens with zero attached hydrogens (tertiary/aromatic N) is 2. The first kappa shape index (κ1) is 17.5. The Hall–Kier alpha value is -1.86. The van der Waals surface area contributed by atoms with Gasteiger partial charge in [-0.05, 0) is 18.6 Å². The topological polar surface area (TPSA) is 97.7 Å². The predicted molar refractivity (Wildman–Crippen MR) is 90.6 cm³/mol. The number of hydrogen-bond donors (Lipinski definition) is 2. The van der Waals surface area contributed by atoms with Gasteiger partial charge in [0.25, 0.3) is 10.1 Å². The molecule has 3 rings (SSSR count). The van der Waals surface area contributed by atoms with Gasteiger partial charge in [-0.2, -0.15) is 8.42 Å². The first-order valence-electron chi connectivity index (χ1n) is 6.66. The van der Waals surface area contributed by atoms with Crippen LogP contribution in [0.4, 0.5) is 0 Å². The molecule has 0 saturated carbocycles. The van der Waals surface area contributed by atoms with Crippen LogP contribution in [0.25, 0.3) is 9.78 Å². The molecule has 0 amide bonds. The predicted octanol–water partition coefficient (Wildman–Crippen LogP) is 1.25. The Balaban J connectivity index is 0.000000168. The molecule has 3 N–H and O–H groups in total. The van der Waals surface area contributed by atoms with Crippen molar-refractivity contribution in [2.75, 3.05) is 0 Å². The molecule has 23 heavy (non-hydrogen) atoms. The fraction of sp³-hybridized carbons (Fsp3) is 0.133. The van der Waals surface area contributed by atoms with Gasteiger partial charge in [-0.25, -0.2) is 0 Å². The average Bonchev–Trinajstić information content (AvgIpc) is 2.84. The molecule has 0 unspecified atom stereocenters. The monoisotopic (exact) mass is 399 g/mol. The van der Waals surface area contributed by atoms with E-state index in [4.69, 9.17) is 10.4 Å². The van der Waals surface area contributed by atoms with Crippen molar-refractivity contribution in [2.24, 2.45) is 18.0 Å². The van der Waals surface area contributed by atoms with Crippen LogP contribution in [0.5, 0.6) is 0 Å². The first-order valence-corrected chi connectivity index (χ1v) is 9.81. The minimum atomic E-state index is -4.03. The van der Waals surface area contributed by atoms with E-state index in [0.29, 0.717) is 20.1 Å². The third-order valence-electron chi connectivity index (χ3n) is 3.20. The number of rotatable bonds is 1. The summed E-state index contributed by atoms with van der Waals surface area (Å²) in [6.45, 7) is 1.63. The third kappa shape index (κ3) is 4.11. The average molecular weight is 398 g/mol. The van der Waals surface area contributed by atoms with Crippen molar-refractivity contribution >= 4 is 34.4 Å². The Morgan fingerprint density at radius 2 is 1.74 bits per heavy atom. The number of hydrogen-bond acceptors (Lipinski definition) is 4. The summed E-state index contributed by atoms with van der Waals surface area (Å²) >= 11 is 0.292. The molecule has 0 bridgehead atoms. The minimum absolute atomic E-state index is 0.0278. The molecule has 1 aromatic heterocycles. The van der Waals surface area contributed by atoms with E-state index in [2.05, 4.69) is 21.8 Å². The van der Waals surface area contributed by atoms with Crippen molar-refractivity contribution in [3.05, 3.63) is 58.5 Å².